The molecule has 12 heteroatoms. The number of rotatable bonds is 5. The number of anilines is 1. The number of ether oxygens (including phenoxy) is 1. The van der Waals surface area contributed by atoms with Crippen LogP contribution in [0.15, 0.2) is 4.90 Å². The molecule has 0 N–H and O–H groups in total. The minimum Gasteiger partial charge on any atom is -0.378 e. The van der Waals surface area contributed by atoms with Crippen molar-refractivity contribution >= 4 is 27.5 Å². The van der Waals surface area contributed by atoms with Gasteiger partial charge in [-0.15, -0.1) is 0 Å². The number of carbonyl (C=O) groups is 2. The average Bonchev–Trinajstić information content (AvgIpc) is 2.95. The summed E-state index contributed by atoms with van der Waals surface area (Å²) in [5.41, 5.74) is 0. The Morgan fingerprint density at radius 3 is 2.19 bits per heavy atom. The largest absolute Gasteiger partial charge is 0.378 e. The van der Waals surface area contributed by atoms with Gasteiger partial charge in [-0.1, -0.05) is 0 Å². The first kappa shape index (κ1) is 19.5. The minimum absolute atomic E-state index is 0.0489. The Balaban J connectivity index is 1.92. The van der Waals surface area contributed by atoms with Gasteiger partial charge in [-0.3, -0.25) is 14.5 Å². The lowest BCUT2D eigenvalue weighted by molar-refractivity contribution is -0.137. The fourth-order valence-corrected chi connectivity index (χ4v) is 4.27. The molecule has 2 aliphatic heterocycles. The lowest BCUT2D eigenvalue weighted by Gasteiger charge is -2.28. The van der Waals surface area contributed by atoms with Crippen molar-refractivity contribution < 1.29 is 35.9 Å². The molecule has 0 atom stereocenters. The monoisotopic (exact) mass is 407 g/mol. The Bertz CT molecular complexity index is 871. The molecule has 2 amide bonds. The molecule has 0 radical (unpaired) electrons. The number of hydrogen-bond acceptors (Lipinski definition) is 7. The number of halogens is 3. The first-order valence-corrected chi connectivity index (χ1v) is 9.80. The molecule has 0 unspecified atom stereocenters. The molecular weight excluding hydrogens is 391 g/mol. The molecule has 1 aromatic heterocycles. The third kappa shape index (κ3) is 3.76. The summed E-state index contributed by atoms with van der Waals surface area (Å²) in [7, 11) is -4.67. The van der Waals surface area contributed by atoms with E-state index >= 15 is 0 Å². The van der Waals surface area contributed by atoms with E-state index in [4.69, 9.17) is 4.74 Å². The molecule has 0 aromatic carbocycles. The van der Waals surface area contributed by atoms with Crippen molar-refractivity contribution in [1.29, 1.82) is 0 Å². The lowest BCUT2D eigenvalue weighted by Crippen LogP contribution is -2.38. The molecule has 0 bridgehead atoms. The van der Waals surface area contributed by atoms with Gasteiger partial charge < -0.3 is 9.64 Å². The number of pyridine rings is 1. The van der Waals surface area contributed by atoms with Gasteiger partial charge in [0, 0.05) is 32.5 Å². The summed E-state index contributed by atoms with van der Waals surface area (Å²) in [6.07, 6.45) is -0.0979. The number of morpholine rings is 1. The van der Waals surface area contributed by atoms with Crippen LogP contribution >= 0.6 is 0 Å². The van der Waals surface area contributed by atoms with Crippen molar-refractivity contribution in [3.63, 3.8) is 0 Å². The molecule has 2 saturated heterocycles. The van der Waals surface area contributed by atoms with E-state index in [2.05, 4.69) is 4.98 Å². The van der Waals surface area contributed by atoms with Crippen molar-refractivity contribution in [3.05, 3.63) is 17.6 Å². The van der Waals surface area contributed by atoms with E-state index in [9.17, 15) is 31.2 Å². The van der Waals surface area contributed by atoms with Crippen LogP contribution < -0.4 is 4.90 Å². The highest BCUT2D eigenvalue weighted by atomic mass is 32.2. The second-order valence-electron chi connectivity index (χ2n) is 6.04. The van der Waals surface area contributed by atoms with Gasteiger partial charge in [0.05, 0.1) is 19.0 Å². The minimum atomic E-state index is -4.67. The number of hydrogen-bond donors (Lipinski definition) is 0. The molecule has 0 aliphatic carbocycles. The van der Waals surface area contributed by atoms with Gasteiger partial charge in [-0.05, 0) is 0 Å². The summed E-state index contributed by atoms with van der Waals surface area (Å²) < 4.78 is 72.8. The summed E-state index contributed by atoms with van der Waals surface area (Å²) >= 11 is 0. The first-order valence-electron chi connectivity index (χ1n) is 8.15. The quantitative estimate of drug-likeness (QED) is 0.510. The third-order valence-corrected chi connectivity index (χ3v) is 6.04. The van der Waals surface area contributed by atoms with Crippen molar-refractivity contribution in [1.82, 2.24) is 9.88 Å². The first-order chi connectivity index (χ1) is 12.7. The summed E-state index contributed by atoms with van der Waals surface area (Å²) in [6, 6.07) is 0. The normalized spacial score (nSPS) is 18.5. The summed E-state index contributed by atoms with van der Waals surface area (Å²) in [6.45, 7) is 0.0923. The molecule has 148 valence electrons. The van der Waals surface area contributed by atoms with E-state index in [1.807, 2.05) is 0 Å². The van der Waals surface area contributed by atoms with E-state index in [0.717, 1.165) is 0 Å². The van der Waals surface area contributed by atoms with Crippen LogP contribution in [0.2, 0.25) is 0 Å². The van der Waals surface area contributed by atoms with E-state index in [1.165, 1.54) is 4.90 Å². The highest BCUT2D eigenvalue weighted by molar-refractivity contribution is 7.91. The lowest BCUT2D eigenvalue weighted by atomic mass is 10.3. The zero-order valence-electron chi connectivity index (χ0n) is 14.1. The number of aromatic nitrogens is 1. The number of nitrogens with zero attached hydrogens (tertiary/aromatic N) is 3. The molecule has 2 aliphatic rings. The van der Waals surface area contributed by atoms with Gasteiger partial charge in [0.25, 0.3) is 5.95 Å². The predicted octanol–water partition coefficient (Wildman–Crippen LogP) is 0.258. The molecule has 0 spiro atoms. The predicted molar refractivity (Wildman–Crippen MR) is 85.1 cm³/mol. The van der Waals surface area contributed by atoms with Crippen LogP contribution in [0.25, 0.3) is 0 Å². The van der Waals surface area contributed by atoms with Crippen molar-refractivity contribution in [3.8, 4) is 0 Å². The Kier molecular flexibility index (Phi) is 5.38. The Labute approximate surface area is 152 Å². The van der Waals surface area contributed by atoms with Crippen molar-refractivity contribution in [2.45, 2.75) is 17.7 Å². The van der Waals surface area contributed by atoms with Crippen LogP contribution in [-0.2, 0) is 24.2 Å². The molecular formula is C15H16F3N3O5S. The van der Waals surface area contributed by atoms with Crippen molar-refractivity contribution in [2.75, 3.05) is 43.5 Å². The summed E-state index contributed by atoms with van der Waals surface area (Å²) in [5.74, 6) is -7.85. The summed E-state index contributed by atoms with van der Waals surface area (Å²) in [5, 5.41) is 0. The van der Waals surface area contributed by atoms with Crippen LogP contribution in [-0.4, -0.2) is 68.7 Å². The van der Waals surface area contributed by atoms with Gasteiger partial charge in [0.15, 0.2) is 27.3 Å². The topological polar surface area (TPSA) is 96.9 Å². The second kappa shape index (κ2) is 7.43. The van der Waals surface area contributed by atoms with Crippen LogP contribution in [0.5, 0.6) is 0 Å². The van der Waals surface area contributed by atoms with Crippen LogP contribution in [0.3, 0.4) is 0 Å². The number of imide groups is 1. The Morgan fingerprint density at radius 1 is 1.00 bits per heavy atom. The smallest absolute Gasteiger partial charge is 0.252 e. The Hall–Kier alpha value is -2.21. The molecule has 0 saturated carbocycles. The third-order valence-electron chi connectivity index (χ3n) is 4.34. The number of amides is 2. The molecule has 3 heterocycles. The molecule has 27 heavy (non-hydrogen) atoms. The van der Waals surface area contributed by atoms with Crippen LogP contribution in [0.1, 0.15) is 12.8 Å². The van der Waals surface area contributed by atoms with Gasteiger partial charge in [0.1, 0.15) is 4.90 Å². The number of likely N-dealkylation sites (tertiary alicyclic amines) is 1. The summed E-state index contributed by atoms with van der Waals surface area (Å²) in [4.78, 5) is 26.8. The fraction of sp³-hybridized carbons (Fsp3) is 0.533. The molecule has 3 rings (SSSR count). The average molecular weight is 407 g/mol. The van der Waals surface area contributed by atoms with Gasteiger partial charge in [-0.25, -0.2) is 17.2 Å². The van der Waals surface area contributed by atoms with E-state index in [0.29, 0.717) is 4.90 Å². The fourth-order valence-electron chi connectivity index (χ4n) is 2.93. The van der Waals surface area contributed by atoms with E-state index in [-0.39, 0.29) is 39.1 Å². The van der Waals surface area contributed by atoms with Gasteiger partial charge in [0.2, 0.25) is 11.8 Å². The second-order valence-corrected chi connectivity index (χ2v) is 8.09. The van der Waals surface area contributed by atoms with Crippen molar-refractivity contribution in [2.24, 2.45) is 0 Å². The SMILES string of the molecule is O=C1CCC(=O)N1CCS(=O)(=O)c1c(F)c(F)nc(N2CCOCC2)c1F. The van der Waals surface area contributed by atoms with E-state index in [1.54, 1.807) is 0 Å². The maximum absolute atomic E-state index is 14.8. The highest BCUT2D eigenvalue weighted by Crippen LogP contribution is 2.29. The van der Waals surface area contributed by atoms with Crippen LogP contribution in [0.4, 0.5) is 19.0 Å². The van der Waals surface area contributed by atoms with Gasteiger partial charge >= 0.3 is 0 Å². The number of carbonyl (C=O) groups excluding carboxylic acids is 2. The zero-order chi connectivity index (χ0) is 19.8. The maximum Gasteiger partial charge on any atom is 0.252 e. The zero-order valence-corrected chi connectivity index (χ0v) is 14.9. The Morgan fingerprint density at radius 2 is 1.59 bits per heavy atom. The molecule has 2 fully saturated rings. The standard InChI is InChI=1S/C15H16F3N3O5S/c16-11-13(27(24,25)8-5-21-9(22)1-2-10(21)23)12(17)15(19-14(11)18)20-3-6-26-7-4-20/h1-8H2. The highest BCUT2D eigenvalue weighted by Gasteiger charge is 2.35. The van der Waals surface area contributed by atoms with Gasteiger partial charge in [-0.2, -0.15) is 9.37 Å². The maximum atomic E-state index is 14.8. The number of sulfone groups is 1. The van der Waals surface area contributed by atoms with Crippen LogP contribution in [0, 0.1) is 17.6 Å². The molecule has 1 aromatic rings. The van der Waals surface area contributed by atoms with E-state index < -0.39 is 62.2 Å². The molecule has 8 nitrogen and oxygen atoms in total.